The third kappa shape index (κ3) is 4.03. The van der Waals surface area contributed by atoms with Gasteiger partial charge in [0.1, 0.15) is 11.6 Å². The highest BCUT2D eigenvalue weighted by molar-refractivity contribution is 5.32. The van der Waals surface area contributed by atoms with Crippen LogP contribution in [0.3, 0.4) is 0 Å². The van der Waals surface area contributed by atoms with Gasteiger partial charge >= 0.3 is 0 Å². The number of hydrogen-bond donors (Lipinski definition) is 2. The number of anilines is 1. The second kappa shape index (κ2) is 6.87. The highest BCUT2D eigenvalue weighted by Crippen LogP contribution is 2.19. The van der Waals surface area contributed by atoms with Gasteiger partial charge in [-0.05, 0) is 17.7 Å². The first-order valence-electron chi connectivity index (χ1n) is 7.39. The van der Waals surface area contributed by atoms with Crippen LogP contribution in [0.2, 0.25) is 0 Å². The van der Waals surface area contributed by atoms with Gasteiger partial charge in [-0.25, -0.2) is 4.98 Å². The summed E-state index contributed by atoms with van der Waals surface area (Å²) in [6.07, 6.45) is 4.77. The summed E-state index contributed by atoms with van der Waals surface area (Å²) in [4.78, 5) is 12.4. The molecule has 118 valence electrons. The first kappa shape index (κ1) is 15.0. The van der Waals surface area contributed by atoms with Crippen LogP contribution in [0, 0.1) is 0 Å². The maximum absolute atomic E-state index is 5.60. The summed E-state index contributed by atoms with van der Waals surface area (Å²) in [5.41, 5.74) is 1.10. The molecule has 2 N–H and O–H groups in total. The van der Waals surface area contributed by atoms with E-state index in [1.165, 1.54) is 0 Å². The van der Waals surface area contributed by atoms with Gasteiger partial charge in [-0.1, -0.05) is 26.0 Å². The van der Waals surface area contributed by atoms with Gasteiger partial charge < -0.3 is 10.1 Å². The molecule has 2 aromatic heterocycles. The quantitative estimate of drug-likeness (QED) is 0.727. The molecule has 7 nitrogen and oxygen atoms in total. The van der Waals surface area contributed by atoms with Crippen LogP contribution in [0.15, 0.2) is 42.9 Å². The zero-order valence-corrected chi connectivity index (χ0v) is 13.0. The van der Waals surface area contributed by atoms with Gasteiger partial charge in [0.25, 0.3) is 0 Å². The minimum Gasteiger partial charge on any atom is -0.438 e. The number of nitrogens with zero attached hydrogens (tertiary/aromatic N) is 4. The molecule has 1 aromatic carbocycles. The zero-order valence-electron chi connectivity index (χ0n) is 13.0. The Morgan fingerprint density at radius 3 is 2.65 bits per heavy atom. The molecule has 0 fully saturated rings. The van der Waals surface area contributed by atoms with E-state index in [-0.39, 0.29) is 0 Å². The summed E-state index contributed by atoms with van der Waals surface area (Å²) in [5, 5.41) is 10.2. The highest BCUT2D eigenvalue weighted by atomic mass is 16.5. The summed E-state index contributed by atoms with van der Waals surface area (Å²) in [6, 6.07) is 7.75. The third-order valence-corrected chi connectivity index (χ3v) is 3.19. The van der Waals surface area contributed by atoms with Crippen LogP contribution in [-0.2, 0) is 6.54 Å². The van der Waals surface area contributed by atoms with E-state index in [0.29, 0.717) is 30.0 Å². The van der Waals surface area contributed by atoms with Crippen molar-refractivity contribution in [3.63, 3.8) is 0 Å². The summed E-state index contributed by atoms with van der Waals surface area (Å²) >= 11 is 0. The molecule has 0 bridgehead atoms. The van der Waals surface area contributed by atoms with Crippen LogP contribution < -0.4 is 10.1 Å². The number of nitrogens with one attached hydrogen (secondary N) is 2. The predicted octanol–water partition coefficient (Wildman–Crippen LogP) is 3.12. The van der Waals surface area contributed by atoms with Crippen molar-refractivity contribution in [2.45, 2.75) is 26.3 Å². The number of hydrogen-bond acceptors (Lipinski definition) is 6. The molecular weight excluding hydrogens is 292 g/mol. The number of aromatic nitrogens is 5. The molecule has 7 heteroatoms. The lowest BCUT2D eigenvalue weighted by atomic mass is 10.2. The summed E-state index contributed by atoms with van der Waals surface area (Å²) in [5.74, 6) is 3.00. The Morgan fingerprint density at radius 1 is 1.17 bits per heavy atom. The van der Waals surface area contributed by atoms with Crippen molar-refractivity contribution in [1.29, 1.82) is 0 Å². The Balaban J connectivity index is 1.56. The van der Waals surface area contributed by atoms with Crippen molar-refractivity contribution >= 4 is 5.95 Å². The minimum atomic E-state index is 0.329. The van der Waals surface area contributed by atoms with E-state index in [2.05, 4.69) is 44.3 Å². The average Bonchev–Trinajstić information content (AvgIpc) is 3.04. The Labute approximate surface area is 134 Å². The van der Waals surface area contributed by atoms with Crippen molar-refractivity contribution in [2.75, 3.05) is 5.32 Å². The lowest BCUT2D eigenvalue weighted by Gasteiger charge is -2.06. The van der Waals surface area contributed by atoms with Gasteiger partial charge in [-0.15, -0.1) is 5.10 Å². The van der Waals surface area contributed by atoms with E-state index >= 15 is 0 Å². The van der Waals surface area contributed by atoms with Gasteiger partial charge in [-0.2, -0.15) is 4.98 Å². The first-order chi connectivity index (χ1) is 11.2. The maximum Gasteiger partial charge on any atom is 0.242 e. The molecule has 23 heavy (non-hydrogen) atoms. The van der Waals surface area contributed by atoms with Crippen molar-refractivity contribution in [1.82, 2.24) is 25.1 Å². The van der Waals surface area contributed by atoms with Gasteiger partial charge in [0.2, 0.25) is 11.8 Å². The summed E-state index contributed by atoms with van der Waals surface area (Å²) < 4.78 is 5.60. The van der Waals surface area contributed by atoms with Crippen LogP contribution in [0.1, 0.15) is 31.2 Å². The van der Waals surface area contributed by atoms with E-state index in [1.54, 1.807) is 18.6 Å². The second-order valence-corrected chi connectivity index (χ2v) is 5.34. The van der Waals surface area contributed by atoms with Crippen LogP contribution in [0.5, 0.6) is 11.6 Å². The smallest absolute Gasteiger partial charge is 0.242 e. The average molecular weight is 310 g/mol. The van der Waals surface area contributed by atoms with Crippen LogP contribution in [0.4, 0.5) is 5.95 Å². The van der Waals surface area contributed by atoms with E-state index in [4.69, 9.17) is 4.74 Å². The monoisotopic (exact) mass is 310 g/mol. The lowest BCUT2D eigenvalue weighted by Crippen LogP contribution is -2.01. The third-order valence-electron chi connectivity index (χ3n) is 3.19. The Kier molecular flexibility index (Phi) is 4.46. The van der Waals surface area contributed by atoms with Crippen molar-refractivity contribution < 1.29 is 4.74 Å². The fourth-order valence-electron chi connectivity index (χ4n) is 1.93. The molecule has 0 spiro atoms. The highest BCUT2D eigenvalue weighted by Gasteiger charge is 2.06. The first-order valence-corrected chi connectivity index (χ1v) is 7.39. The van der Waals surface area contributed by atoms with E-state index in [1.807, 2.05) is 24.3 Å². The van der Waals surface area contributed by atoms with Crippen molar-refractivity contribution in [2.24, 2.45) is 0 Å². The normalized spacial score (nSPS) is 10.7. The van der Waals surface area contributed by atoms with Crippen molar-refractivity contribution in [3.05, 3.63) is 54.2 Å². The van der Waals surface area contributed by atoms with Gasteiger partial charge in [-0.3, -0.25) is 10.1 Å². The van der Waals surface area contributed by atoms with Gasteiger partial charge in [0, 0.05) is 24.9 Å². The van der Waals surface area contributed by atoms with Crippen LogP contribution in [-0.4, -0.2) is 25.1 Å². The largest absolute Gasteiger partial charge is 0.438 e. The predicted molar refractivity (Wildman–Crippen MR) is 86.3 cm³/mol. The molecule has 0 radical (unpaired) electrons. The molecule has 3 aromatic rings. The van der Waals surface area contributed by atoms with Gasteiger partial charge in [0.05, 0.1) is 6.20 Å². The molecule has 0 atom stereocenters. The molecule has 0 aliphatic carbocycles. The lowest BCUT2D eigenvalue weighted by molar-refractivity contribution is 0.460. The zero-order chi connectivity index (χ0) is 16.1. The molecule has 0 amide bonds. The van der Waals surface area contributed by atoms with E-state index in [0.717, 1.165) is 11.4 Å². The molecule has 0 saturated carbocycles. The minimum absolute atomic E-state index is 0.329. The van der Waals surface area contributed by atoms with E-state index < -0.39 is 0 Å². The van der Waals surface area contributed by atoms with Crippen LogP contribution in [0.25, 0.3) is 0 Å². The number of benzene rings is 1. The second-order valence-electron chi connectivity index (χ2n) is 5.34. The fourth-order valence-corrected chi connectivity index (χ4v) is 1.93. The molecule has 0 unspecified atom stereocenters. The standard InChI is InChI=1S/C16H18N6O/c1-11(2)15-20-16(22-21-15)19-9-12-3-5-13(6-4-12)23-14-10-17-7-8-18-14/h3-8,10-11H,9H2,1-2H3,(H2,19,20,21,22). The number of rotatable bonds is 6. The SMILES string of the molecule is CC(C)c1nc(NCc2ccc(Oc3cnccn3)cc2)n[nH]1. The molecular formula is C16H18N6O. The number of aromatic amines is 1. The topological polar surface area (TPSA) is 88.6 Å². The summed E-state index contributed by atoms with van der Waals surface area (Å²) in [7, 11) is 0. The van der Waals surface area contributed by atoms with Crippen LogP contribution >= 0.6 is 0 Å². The Hall–Kier alpha value is -2.96. The fraction of sp³-hybridized carbons (Fsp3) is 0.250. The number of ether oxygens (including phenoxy) is 1. The maximum atomic E-state index is 5.60. The van der Waals surface area contributed by atoms with E-state index in [9.17, 15) is 0 Å². The van der Waals surface area contributed by atoms with Crippen molar-refractivity contribution in [3.8, 4) is 11.6 Å². The molecule has 3 rings (SSSR count). The number of H-pyrrole nitrogens is 1. The Bertz CT molecular complexity index is 739. The molecule has 0 aliphatic rings. The van der Waals surface area contributed by atoms with Gasteiger partial charge in [0.15, 0.2) is 0 Å². The summed E-state index contributed by atoms with van der Waals surface area (Å²) in [6.45, 7) is 4.78. The Morgan fingerprint density at radius 2 is 2.00 bits per heavy atom. The molecule has 0 saturated heterocycles. The molecule has 0 aliphatic heterocycles. The molecule has 2 heterocycles.